The molecule has 1 amide bonds. The van der Waals surface area contributed by atoms with Gasteiger partial charge in [0.1, 0.15) is 0 Å². The van der Waals surface area contributed by atoms with Crippen molar-refractivity contribution >= 4 is 12.0 Å². The predicted molar refractivity (Wildman–Crippen MR) is 106 cm³/mol. The number of hydrogen-bond donors (Lipinski definition) is 1. The molecule has 4 rings (SSSR count). The van der Waals surface area contributed by atoms with Crippen molar-refractivity contribution in [1.29, 1.82) is 0 Å². The number of likely N-dealkylation sites (tertiary alicyclic amines) is 1. The van der Waals surface area contributed by atoms with Crippen molar-refractivity contribution in [1.82, 2.24) is 10.2 Å². The molecule has 2 aromatic rings. The molecule has 0 aliphatic carbocycles. The van der Waals surface area contributed by atoms with Crippen LogP contribution in [-0.4, -0.2) is 36.0 Å². The second-order valence-corrected chi connectivity index (χ2v) is 7.55. The van der Waals surface area contributed by atoms with Crippen LogP contribution in [-0.2, 0) is 4.79 Å². The first-order chi connectivity index (χ1) is 12.7. The molecule has 2 aliphatic heterocycles. The van der Waals surface area contributed by atoms with Crippen LogP contribution in [0.3, 0.4) is 0 Å². The van der Waals surface area contributed by atoms with Gasteiger partial charge >= 0.3 is 0 Å². The van der Waals surface area contributed by atoms with Crippen molar-refractivity contribution in [3.05, 3.63) is 77.9 Å². The van der Waals surface area contributed by atoms with Crippen LogP contribution in [0.2, 0.25) is 0 Å². The number of amides is 1. The maximum atomic E-state index is 12.5. The second-order valence-electron chi connectivity index (χ2n) is 7.55. The third kappa shape index (κ3) is 3.73. The van der Waals surface area contributed by atoms with E-state index in [-0.39, 0.29) is 17.4 Å². The Bertz CT molecular complexity index is 761. The quantitative estimate of drug-likeness (QED) is 0.912. The molecule has 0 bridgehead atoms. The topological polar surface area (TPSA) is 32.3 Å². The van der Waals surface area contributed by atoms with Gasteiger partial charge in [-0.25, -0.2) is 0 Å². The number of hydrogen-bond acceptors (Lipinski definition) is 2. The summed E-state index contributed by atoms with van der Waals surface area (Å²) in [6.45, 7) is 3.06. The number of piperidine rings is 1. The Morgan fingerprint density at radius 3 is 2.35 bits per heavy atom. The molecular formula is C23H26N2O. The van der Waals surface area contributed by atoms with Crippen LogP contribution >= 0.6 is 0 Å². The van der Waals surface area contributed by atoms with Crippen LogP contribution in [0.4, 0.5) is 0 Å². The molecule has 0 radical (unpaired) electrons. The van der Waals surface area contributed by atoms with E-state index >= 15 is 0 Å². The Labute approximate surface area is 155 Å². The summed E-state index contributed by atoms with van der Waals surface area (Å²) in [7, 11) is 0. The largest absolute Gasteiger partial charge is 0.350 e. The third-order valence-corrected chi connectivity index (χ3v) is 5.79. The van der Waals surface area contributed by atoms with Gasteiger partial charge in [0.05, 0.1) is 5.92 Å². The van der Waals surface area contributed by atoms with Gasteiger partial charge in [-0.3, -0.25) is 9.69 Å². The lowest BCUT2D eigenvalue weighted by Gasteiger charge is -2.39. The zero-order chi connectivity index (χ0) is 17.8. The minimum Gasteiger partial charge on any atom is -0.350 e. The Balaban J connectivity index is 1.32. The lowest BCUT2D eigenvalue weighted by Crippen LogP contribution is -2.50. The Morgan fingerprint density at radius 1 is 1.00 bits per heavy atom. The van der Waals surface area contributed by atoms with Gasteiger partial charge in [-0.1, -0.05) is 72.8 Å². The summed E-state index contributed by atoms with van der Waals surface area (Å²) in [5, 5.41) is 3.34. The molecule has 0 saturated carbocycles. The van der Waals surface area contributed by atoms with Gasteiger partial charge in [0, 0.05) is 25.2 Å². The molecule has 1 N–H and O–H groups in total. The Kier molecular flexibility index (Phi) is 4.89. The number of nitrogens with one attached hydrogen (secondary N) is 1. The molecule has 0 aromatic heterocycles. The molecule has 2 aromatic carbocycles. The van der Waals surface area contributed by atoms with Crippen molar-refractivity contribution < 1.29 is 4.79 Å². The van der Waals surface area contributed by atoms with Gasteiger partial charge in [-0.2, -0.15) is 0 Å². The van der Waals surface area contributed by atoms with E-state index in [1.54, 1.807) is 0 Å². The highest BCUT2D eigenvalue weighted by atomic mass is 16.2. The molecule has 3 heteroatoms. The lowest BCUT2D eigenvalue weighted by molar-refractivity contribution is -0.121. The highest BCUT2D eigenvalue weighted by molar-refractivity contribution is 5.87. The fraction of sp³-hybridized carbons (Fsp3) is 0.348. The SMILES string of the molecule is O=C1NC2(CCN(C/C=C/c3ccccc3)CC2)CC1c1ccccc1. The molecule has 2 aliphatic rings. The highest BCUT2D eigenvalue weighted by Crippen LogP contribution is 2.39. The van der Waals surface area contributed by atoms with Crippen LogP contribution in [0.1, 0.15) is 36.3 Å². The van der Waals surface area contributed by atoms with Crippen molar-refractivity contribution in [2.45, 2.75) is 30.7 Å². The molecule has 1 spiro atoms. The Morgan fingerprint density at radius 2 is 1.65 bits per heavy atom. The van der Waals surface area contributed by atoms with Gasteiger partial charge in [-0.15, -0.1) is 0 Å². The standard InChI is InChI=1S/C23H26N2O/c26-22-21(20-11-5-2-6-12-20)18-23(24-22)13-16-25(17-14-23)15-7-10-19-8-3-1-4-9-19/h1-12,21H,13-18H2,(H,24,26)/b10-7+. The van der Waals surface area contributed by atoms with Gasteiger partial charge in [-0.05, 0) is 30.4 Å². The summed E-state index contributed by atoms with van der Waals surface area (Å²) in [5.41, 5.74) is 2.39. The lowest BCUT2D eigenvalue weighted by atomic mass is 9.82. The zero-order valence-corrected chi connectivity index (χ0v) is 15.1. The van der Waals surface area contributed by atoms with E-state index in [4.69, 9.17) is 0 Å². The number of benzene rings is 2. The van der Waals surface area contributed by atoms with Gasteiger partial charge in [0.2, 0.25) is 5.91 Å². The first-order valence-corrected chi connectivity index (χ1v) is 9.55. The summed E-state index contributed by atoms with van der Waals surface area (Å²) in [6.07, 6.45) is 7.45. The highest BCUT2D eigenvalue weighted by Gasteiger charge is 2.45. The van der Waals surface area contributed by atoms with Crippen molar-refractivity contribution in [2.24, 2.45) is 0 Å². The van der Waals surface area contributed by atoms with E-state index in [1.807, 2.05) is 24.3 Å². The second kappa shape index (κ2) is 7.46. The molecule has 2 heterocycles. The van der Waals surface area contributed by atoms with E-state index in [0.29, 0.717) is 0 Å². The third-order valence-electron chi connectivity index (χ3n) is 5.79. The monoisotopic (exact) mass is 346 g/mol. The molecule has 134 valence electrons. The molecular weight excluding hydrogens is 320 g/mol. The maximum absolute atomic E-state index is 12.5. The van der Waals surface area contributed by atoms with E-state index < -0.39 is 0 Å². The molecule has 2 saturated heterocycles. The number of rotatable bonds is 4. The van der Waals surface area contributed by atoms with E-state index in [0.717, 1.165) is 44.5 Å². The first-order valence-electron chi connectivity index (χ1n) is 9.55. The molecule has 2 fully saturated rings. The van der Waals surface area contributed by atoms with Gasteiger partial charge in [0.15, 0.2) is 0 Å². The fourth-order valence-electron chi connectivity index (χ4n) is 4.23. The molecule has 26 heavy (non-hydrogen) atoms. The normalized spacial score (nSPS) is 22.8. The van der Waals surface area contributed by atoms with Crippen molar-refractivity contribution in [3.8, 4) is 0 Å². The summed E-state index contributed by atoms with van der Waals surface area (Å²) in [6, 6.07) is 20.6. The minimum atomic E-state index is -0.00274. The van der Waals surface area contributed by atoms with Crippen molar-refractivity contribution in [2.75, 3.05) is 19.6 Å². The summed E-state index contributed by atoms with van der Waals surface area (Å²) < 4.78 is 0. The summed E-state index contributed by atoms with van der Waals surface area (Å²) in [4.78, 5) is 15.0. The molecule has 1 atom stereocenters. The average Bonchev–Trinajstić information content (AvgIpc) is 3.01. The maximum Gasteiger partial charge on any atom is 0.228 e. The molecule has 1 unspecified atom stereocenters. The van der Waals surface area contributed by atoms with Gasteiger partial charge < -0.3 is 5.32 Å². The summed E-state index contributed by atoms with van der Waals surface area (Å²) in [5.74, 6) is 0.217. The number of carbonyl (C=O) groups is 1. The van der Waals surface area contributed by atoms with Crippen LogP contribution < -0.4 is 5.32 Å². The Hall–Kier alpha value is -2.39. The zero-order valence-electron chi connectivity index (χ0n) is 15.1. The smallest absolute Gasteiger partial charge is 0.228 e. The van der Waals surface area contributed by atoms with Crippen LogP contribution in [0, 0.1) is 0 Å². The van der Waals surface area contributed by atoms with Crippen LogP contribution in [0.15, 0.2) is 66.7 Å². The van der Waals surface area contributed by atoms with E-state index in [9.17, 15) is 4.79 Å². The predicted octanol–water partition coefficient (Wildman–Crippen LogP) is 3.84. The number of nitrogens with zero attached hydrogens (tertiary/aromatic N) is 1. The van der Waals surface area contributed by atoms with Gasteiger partial charge in [0.25, 0.3) is 0 Å². The van der Waals surface area contributed by atoms with Crippen LogP contribution in [0.5, 0.6) is 0 Å². The fourth-order valence-corrected chi connectivity index (χ4v) is 4.23. The first kappa shape index (κ1) is 17.0. The molecule has 3 nitrogen and oxygen atoms in total. The summed E-state index contributed by atoms with van der Waals surface area (Å²) >= 11 is 0. The number of carbonyl (C=O) groups excluding carboxylic acids is 1. The van der Waals surface area contributed by atoms with Crippen LogP contribution in [0.25, 0.3) is 6.08 Å². The average molecular weight is 346 g/mol. The minimum absolute atomic E-state index is 0.00274. The van der Waals surface area contributed by atoms with E-state index in [1.165, 1.54) is 5.56 Å². The van der Waals surface area contributed by atoms with Crippen molar-refractivity contribution in [3.63, 3.8) is 0 Å². The van der Waals surface area contributed by atoms with E-state index in [2.05, 4.69) is 58.8 Å².